The predicted molar refractivity (Wildman–Crippen MR) is 81.4 cm³/mol. The van der Waals surface area contributed by atoms with E-state index >= 15 is 0 Å². The molecule has 1 aliphatic rings. The highest BCUT2D eigenvalue weighted by Gasteiger charge is 2.27. The van der Waals surface area contributed by atoms with E-state index in [9.17, 15) is 0 Å². The molecule has 1 N–H and O–H groups in total. The van der Waals surface area contributed by atoms with Crippen LogP contribution in [-0.4, -0.2) is 19.2 Å². The Morgan fingerprint density at radius 1 is 1.37 bits per heavy atom. The number of hydrogen-bond acceptors (Lipinski definition) is 2. The maximum atomic E-state index is 6.19. The Labute approximate surface area is 125 Å². The molecule has 0 amide bonds. The van der Waals surface area contributed by atoms with Gasteiger partial charge < -0.3 is 10.1 Å². The van der Waals surface area contributed by atoms with Gasteiger partial charge in [0, 0.05) is 12.5 Å². The van der Waals surface area contributed by atoms with Crippen LogP contribution in [0.3, 0.4) is 0 Å². The van der Waals surface area contributed by atoms with E-state index in [0.29, 0.717) is 21.7 Å². The number of benzene rings is 1. The molecule has 2 nitrogen and oxygen atoms in total. The topological polar surface area (TPSA) is 21.3 Å². The Morgan fingerprint density at radius 3 is 2.68 bits per heavy atom. The molecule has 1 aliphatic heterocycles. The second-order valence-corrected chi connectivity index (χ2v) is 5.92. The zero-order valence-corrected chi connectivity index (χ0v) is 12.8. The third kappa shape index (κ3) is 4.01. The van der Waals surface area contributed by atoms with Gasteiger partial charge in [-0.1, -0.05) is 49.0 Å². The Morgan fingerprint density at radius 2 is 2.11 bits per heavy atom. The van der Waals surface area contributed by atoms with Crippen molar-refractivity contribution in [3.05, 3.63) is 28.2 Å². The summed E-state index contributed by atoms with van der Waals surface area (Å²) in [5, 5.41) is 4.59. The van der Waals surface area contributed by atoms with Gasteiger partial charge in [-0.2, -0.15) is 0 Å². The molecule has 1 heterocycles. The van der Waals surface area contributed by atoms with Gasteiger partial charge in [0.15, 0.2) is 5.75 Å². The second-order valence-electron chi connectivity index (χ2n) is 5.10. The van der Waals surface area contributed by atoms with Gasteiger partial charge in [0.25, 0.3) is 0 Å². The summed E-state index contributed by atoms with van der Waals surface area (Å²) in [6.45, 7) is 4.30. The number of para-hydroxylation sites is 1. The van der Waals surface area contributed by atoms with Gasteiger partial charge in [-0.3, -0.25) is 0 Å². The molecule has 4 heteroatoms. The Kier molecular flexibility index (Phi) is 5.80. The summed E-state index contributed by atoms with van der Waals surface area (Å²) in [6.07, 6.45) is 4.77. The Bertz CT molecular complexity index is 385. The van der Waals surface area contributed by atoms with E-state index in [4.69, 9.17) is 27.9 Å². The van der Waals surface area contributed by atoms with Gasteiger partial charge in [0.05, 0.1) is 10.0 Å². The van der Waals surface area contributed by atoms with Crippen molar-refractivity contribution >= 4 is 23.2 Å². The van der Waals surface area contributed by atoms with Gasteiger partial charge in [-0.15, -0.1) is 0 Å². The fourth-order valence-corrected chi connectivity index (χ4v) is 3.02. The molecule has 0 bridgehead atoms. The first kappa shape index (κ1) is 15.0. The molecule has 1 fully saturated rings. The fourth-order valence-electron chi connectivity index (χ4n) is 2.54. The lowest BCUT2D eigenvalue weighted by Crippen LogP contribution is -2.29. The number of nitrogens with one attached hydrogen (secondary N) is 1. The van der Waals surface area contributed by atoms with Crippen molar-refractivity contribution in [2.75, 3.05) is 13.1 Å². The SMILES string of the molecule is CCCC[C@@H](Oc1c(Cl)cccc1Cl)[C@H]1CCNC1. The van der Waals surface area contributed by atoms with Crippen molar-refractivity contribution in [3.63, 3.8) is 0 Å². The summed E-state index contributed by atoms with van der Waals surface area (Å²) in [5.74, 6) is 1.19. The van der Waals surface area contributed by atoms with E-state index in [1.54, 1.807) is 0 Å². The van der Waals surface area contributed by atoms with Crippen molar-refractivity contribution < 1.29 is 4.74 Å². The molecule has 0 unspecified atom stereocenters. The summed E-state index contributed by atoms with van der Waals surface area (Å²) in [4.78, 5) is 0. The molecule has 19 heavy (non-hydrogen) atoms. The maximum Gasteiger partial charge on any atom is 0.156 e. The molecule has 1 saturated heterocycles. The first-order valence-electron chi connectivity index (χ1n) is 7.03. The van der Waals surface area contributed by atoms with Gasteiger partial charge >= 0.3 is 0 Å². The Balaban J connectivity index is 2.10. The minimum Gasteiger partial charge on any atom is -0.487 e. The molecule has 2 atom stereocenters. The molecular weight excluding hydrogens is 281 g/mol. The van der Waals surface area contributed by atoms with Gasteiger partial charge in [0.1, 0.15) is 6.10 Å². The minimum atomic E-state index is 0.201. The monoisotopic (exact) mass is 301 g/mol. The number of ether oxygens (including phenoxy) is 1. The quantitative estimate of drug-likeness (QED) is 0.833. The molecule has 106 valence electrons. The highest BCUT2D eigenvalue weighted by Crippen LogP contribution is 2.35. The molecule has 1 aromatic carbocycles. The lowest BCUT2D eigenvalue weighted by molar-refractivity contribution is 0.131. The molecule has 2 rings (SSSR count). The van der Waals surface area contributed by atoms with Crippen LogP contribution in [0.5, 0.6) is 5.75 Å². The summed E-state index contributed by atoms with van der Waals surface area (Å²) < 4.78 is 6.16. The van der Waals surface area contributed by atoms with Crippen LogP contribution in [0.4, 0.5) is 0 Å². The molecule has 0 saturated carbocycles. The predicted octanol–water partition coefficient (Wildman–Crippen LogP) is 4.54. The third-order valence-electron chi connectivity index (χ3n) is 3.65. The van der Waals surface area contributed by atoms with Crippen LogP contribution >= 0.6 is 23.2 Å². The molecule has 0 spiro atoms. The first-order chi connectivity index (χ1) is 9.22. The number of hydrogen-bond donors (Lipinski definition) is 1. The van der Waals surface area contributed by atoms with Crippen molar-refractivity contribution in [2.24, 2.45) is 5.92 Å². The fraction of sp³-hybridized carbons (Fsp3) is 0.600. The molecule has 0 aromatic heterocycles. The minimum absolute atomic E-state index is 0.201. The zero-order chi connectivity index (χ0) is 13.7. The van der Waals surface area contributed by atoms with Crippen molar-refractivity contribution in [1.29, 1.82) is 0 Å². The maximum absolute atomic E-state index is 6.19. The van der Waals surface area contributed by atoms with Gasteiger partial charge in [0.2, 0.25) is 0 Å². The summed E-state index contributed by atoms with van der Waals surface area (Å²) in [5.41, 5.74) is 0. The summed E-state index contributed by atoms with van der Waals surface area (Å²) >= 11 is 12.4. The average molecular weight is 302 g/mol. The van der Waals surface area contributed by atoms with Crippen molar-refractivity contribution in [1.82, 2.24) is 5.32 Å². The van der Waals surface area contributed by atoms with Crippen molar-refractivity contribution in [2.45, 2.75) is 38.7 Å². The number of rotatable bonds is 6. The van der Waals surface area contributed by atoms with E-state index in [-0.39, 0.29) is 6.10 Å². The Hall–Kier alpha value is -0.440. The van der Waals surface area contributed by atoms with E-state index in [2.05, 4.69) is 12.2 Å². The van der Waals surface area contributed by atoms with Gasteiger partial charge in [-0.25, -0.2) is 0 Å². The van der Waals surface area contributed by atoms with Crippen molar-refractivity contribution in [3.8, 4) is 5.75 Å². The van der Waals surface area contributed by atoms with Crippen LogP contribution in [0, 0.1) is 5.92 Å². The highest BCUT2D eigenvalue weighted by atomic mass is 35.5. The van der Waals surface area contributed by atoms with Crippen LogP contribution in [0.1, 0.15) is 32.6 Å². The highest BCUT2D eigenvalue weighted by molar-refractivity contribution is 6.37. The van der Waals surface area contributed by atoms with Crippen LogP contribution in [0.15, 0.2) is 18.2 Å². The van der Waals surface area contributed by atoms with Crippen LogP contribution in [0.25, 0.3) is 0 Å². The van der Waals surface area contributed by atoms with E-state index in [1.165, 1.54) is 12.8 Å². The number of unbranched alkanes of at least 4 members (excludes halogenated alkanes) is 1. The van der Waals surface area contributed by atoms with E-state index in [1.807, 2.05) is 18.2 Å². The van der Waals surface area contributed by atoms with E-state index < -0.39 is 0 Å². The van der Waals surface area contributed by atoms with E-state index in [0.717, 1.165) is 25.9 Å². The van der Waals surface area contributed by atoms with Gasteiger partial charge in [-0.05, 0) is 31.5 Å². The third-order valence-corrected chi connectivity index (χ3v) is 4.25. The second kappa shape index (κ2) is 7.37. The average Bonchev–Trinajstić information content (AvgIpc) is 2.91. The number of halogens is 2. The summed E-state index contributed by atoms with van der Waals surface area (Å²) in [6, 6.07) is 5.49. The normalized spacial score (nSPS) is 20.5. The zero-order valence-electron chi connectivity index (χ0n) is 11.3. The molecule has 1 aromatic rings. The largest absolute Gasteiger partial charge is 0.487 e. The standard InChI is InChI=1S/C15H21Cl2NO/c1-2-3-7-14(11-8-9-18-10-11)19-15-12(16)5-4-6-13(15)17/h4-6,11,14,18H,2-3,7-10H2,1H3/t11-,14+/m0/s1. The first-order valence-corrected chi connectivity index (χ1v) is 7.79. The molecule has 0 aliphatic carbocycles. The lowest BCUT2D eigenvalue weighted by Gasteiger charge is -2.25. The smallest absolute Gasteiger partial charge is 0.156 e. The lowest BCUT2D eigenvalue weighted by atomic mass is 9.97. The van der Waals surface area contributed by atoms with Crippen LogP contribution < -0.4 is 10.1 Å². The van der Waals surface area contributed by atoms with Crippen LogP contribution in [0.2, 0.25) is 10.0 Å². The molecule has 0 radical (unpaired) electrons. The summed E-state index contributed by atoms with van der Waals surface area (Å²) in [7, 11) is 0. The van der Waals surface area contributed by atoms with Crippen LogP contribution in [-0.2, 0) is 0 Å². The molecular formula is C15H21Cl2NO.